The lowest BCUT2D eigenvalue weighted by atomic mass is 10.1. The molecular formula is C16H20N2O2. The lowest BCUT2D eigenvalue weighted by Gasteiger charge is -2.19. The second-order valence-corrected chi connectivity index (χ2v) is 4.39. The molecule has 0 aliphatic rings. The molecule has 0 saturated carbocycles. The van der Waals surface area contributed by atoms with Crippen molar-refractivity contribution < 1.29 is 9.47 Å². The van der Waals surface area contributed by atoms with Crippen molar-refractivity contribution in [2.75, 3.05) is 20.3 Å². The summed E-state index contributed by atoms with van der Waals surface area (Å²) in [7, 11) is 1.64. The highest BCUT2D eigenvalue weighted by Crippen LogP contribution is 2.19. The van der Waals surface area contributed by atoms with Crippen LogP contribution in [-0.4, -0.2) is 25.2 Å². The summed E-state index contributed by atoms with van der Waals surface area (Å²) >= 11 is 0. The third-order valence-electron chi connectivity index (χ3n) is 2.98. The Hall–Kier alpha value is -2.07. The Morgan fingerprint density at radius 2 is 1.95 bits per heavy atom. The van der Waals surface area contributed by atoms with Crippen LogP contribution in [0.25, 0.3) is 0 Å². The minimum absolute atomic E-state index is 0.0859. The number of nitrogens with one attached hydrogen (secondary N) is 1. The van der Waals surface area contributed by atoms with Crippen molar-refractivity contribution in [1.82, 2.24) is 10.3 Å². The molecule has 4 heteroatoms. The summed E-state index contributed by atoms with van der Waals surface area (Å²) in [5.41, 5.74) is 1.06. The average molecular weight is 272 g/mol. The molecule has 2 rings (SSSR count). The fourth-order valence-electron chi connectivity index (χ4n) is 1.95. The first-order valence-corrected chi connectivity index (χ1v) is 6.73. The lowest BCUT2D eigenvalue weighted by molar-refractivity contribution is 0.267. The zero-order valence-electron chi connectivity index (χ0n) is 11.9. The monoisotopic (exact) mass is 272 g/mol. The molecule has 0 fully saturated rings. The van der Waals surface area contributed by atoms with E-state index in [1.54, 1.807) is 13.3 Å². The highest BCUT2D eigenvalue weighted by molar-refractivity contribution is 5.26. The van der Waals surface area contributed by atoms with Gasteiger partial charge in [-0.05, 0) is 30.3 Å². The Labute approximate surface area is 119 Å². The number of rotatable bonds is 7. The molecule has 0 spiro atoms. The van der Waals surface area contributed by atoms with E-state index >= 15 is 0 Å². The molecule has 1 aromatic carbocycles. The van der Waals surface area contributed by atoms with Crippen LogP contribution in [0, 0.1) is 0 Å². The van der Waals surface area contributed by atoms with Gasteiger partial charge >= 0.3 is 0 Å². The van der Waals surface area contributed by atoms with E-state index in [0.717, 1.165) is 23.6 Å². The maximum Gasteiger partial charge on any atom is 0.137 e. The van der Waals surface area contributed by atoms with Crippen LogP contribution in [0.2, 0.25) is 0 Å². The minimum Gasteiger partial charge on any atom is -0.495 e. The SMILES string of the molecule is CCNC(COc1ccccc1)c1cncc(OC)c1. The van der Waals surface area contributed by atoms with Crippen molar-refractivity contribution >= 4 is 0 Å². The van der Waals surface area contributed by atoms with Crippen molar-refractivity contribution in [2.45, 2.75) is 13.0 Å². The fourth-order valence-corrected chi connectivity index (χ4v) is 1.95. The summed E-state index contributed by atoms with van der Waals surface area (Å²) in [4.78, 5) is 4.19. The van der Waals surface area contributed by atoms with Gasteiger partial charge in [-0.3, -0.25) is 4.98 Å². The summed E-state index contributed by atoms with van der Waals surface area (Å²) in [6.07, 6.45) is 3.54. The van der Waals surface area contributed by atoms with E-state index in [-0.39, 0.29) is 6.04 Å². The normalized spacial score (nSPS) is 11.9. The molecule has 20 heavy (non-hydrogen) atoms. The molecule has 0 bridgehead atoms. The summed E-state index contributed by atoms with van der Waals surface area (Å²) in [5, 5.41) is 3.40. The van der Waals surface area contributed by atoms with Crippen molar-refractivity contribution in [1.29, 1.82) is 0 Å². The van der Waals surface area contributed by atoms with Crippen LogP contribution in [0.1, 0.15) is 18.5 Å². The maximum atomic E-state index is 5.82. The molecule has 0 aliphatic heterocycles. The summed E-state index contributed by atoms with van der Waals surface area (Å²) in [6.45, 7) is 3.48. The molecule has 0 saturated heterocycles. The second kappa shape index (κ2) is 7.50. The molecule has 1 atom stereocenters. The van der Waals surface area contributed by atoms with Crippen LogP contribution in [0.4, 0.5) is 0 Å². The van der Waals surface area contributed by atoms with E-state index < -0.39 is 0 Å². The van der Waals surface area contributed by atoms with E-state index in [1.807, 2.05) is 42.6 Å². The van der Waals surface area contributed by atoms with E-state index in [9.17, 15) is 0 Å². The van der Waals surface area contributed by atoms with Crippen LogP contribution in [0.15, 0.2) is 48.8 Å². The van der Waals surface area contributed by atoms with E-state index in [4.69, 9.17) is 9.47 Å². The van der Waals surface area contributed by atoms with Crippen molar-refractivity contribution in [3.8, 4) is 11.5 Å². The first-order chi connectivity index (χ1) is 9.83. The first kappa shape index (κ1) is 14.3. The van der Waals surface area contributed by atoms with Gasteiger partial charge in [-0.25, -0.2) is 0 Å². The Balaban J connectivity index is 2.06. The van der Waals surface area contributed by atoms with Crippen molar-refractivity contribution in [3.05, 3.63) is 54.4 Å². The summed E-state index contributed by atoms with van der Waals surface area (Å²) in [6, 6.07) is 11.9. The fraction of sp³-hybridized carbons (Fsp3) is 0.312. The van der Waals surface area contributed by atoms with Gasteiger partial charge < -0.3 is 14.8 Å². The van der Waals surface area contributed by atoms with Gasteiger partial charge in [0.05, 0.1) is 19.3 Å². The standard InChI is InChI=1S/C16H20N2O2/c1-3-18-16(12-20-14-7-5-4-6-8-14)13-9-15(19-2)11-17-10-13/h4-11,16,18H,3,12H2,1-2H3. The molecule has 0 amide bonds. The Morgan fingerprint density at radius 3 is 2.65 bits per heavy atom. The van der Waals surface area contributed by atoms with E-state index in [2.05, 4.69) is 17.2 Å². The number of benzene rings is 1. The predicted molar refractivity (Wildman–Crippen MR) is 79.1 cm³/mol. The van der Waals surface area contributed by atoms with Crippen LogP contribution >= 0.6 is 0 Å². The van der Waals surface area contributed by atoms with Crippen LogP contribution in [0.5, 0.6) is 11.5 Å². The Morgan fingerprint density at radius 1 is 1.15 bits per heavy atom. The molecule has 0 aliphatic carbocycles. The lowest BCUT2D eigenvalue weighted by Crippen LogP contribution is -2.26. The predicted octanol–water partition coefficient (Wildman–Crippen LogP) is 2.82. The van der Waals surface area contributed by atoms with Crippen molar-refractivity contribution in [3.63, 3.8) is 0 Å². The number of nitrogens with zero attached hydrogens (tertiary/aromatic N) is 1. The number of likely N-dealkylation sites (N-methyl/N-ethyl adjacent to an activating group) is 1. The quantitative estimate of drug-likeness (QED) is 0.841. The molecule has 4 nitrogen and oxygen atoms in total. The third kappa shape index (κ3) is 3.96. The molecule has 2 aromatic rings. The Bertz CT molecular complexity index is 517. The number of ether oxygens (including phenoxy) is 2. The number of methoxy groups -OCH3 is 1. The minimum atomic E-state index is 0.0859. The van der Waals surface area contributed by atoms with Crippen LogP contribution in [-0.2, 0) is 0 Å². The van der Waals surface area contributed by atoms with Crippen LogP contribution < -0.4 is 14.8 Å². The zero-order valence-corrected chi connectivity index (χ0v) is 11.9. The zero-order chi connectivity index (χ0) is 14.2. The average Bonchev–Trinajstić information content (AvgIpc) is 2.52. The largest absolute Gasteiger partial charge is 0.495 e. The number of para-hydroxylation sites is 1. The first-order valence-electron chi connectivity index (χ1n) is 6.73. The van der Waals surface area contributed by atoms with Gasteiger partial charge in [-0.2, -0.15) is 0 Å². The maximum absolute atomic E-state index is 5.82. The van der Waals surface area contributed by atoms with Gasteiger partial charge in [0.25, 0.3) is 0 Å². The summed E-state index contributed by atoms with van der Waals surface area (Å²) in [5.74, 6) is 1.62. The number of aromatic nitrogens is 1. The van der Waals surface area contributed by atoms with E-state index in [0.29, 0.717) is 6.61 Å². The van der Waals surface area contributed by atoms with Gasteiger partial charge in [-0.1, -0.05) is 25.1 Å². The van der Waals surface area contributed by atoms with Gasteiger partial charge in [0, 0.05) is 6.20 Å². The molecule has 1 unspecified atom stereocenters. The topological polar surface area (TPSA) is 43.4 Å². The second-order valence-electron chi connectivity index (χ2n) is 4.39. The highest BCUT2D eigenvalue weighted by atomic mass is 16.5. The molecular weight excluding hydrogens is 252 g/mol. The van der Waals surface area contributed by atoms with Crippen molar-refractivity contribution in [2.24, 2.45) is 0 Å². The van der Waals surface area contributed by atoms with E-state index in [1.165, 1.54) is 0 Å². The highest BCUT2D eigenvalue weighted by Gasteiger charge is 2.12. The number of pyridine rings is 1. The number of hydrogen-bond donors (Lipinski definition) is 1. The molecule has 1 N–H and O–H groups in total. The van der Waals surface area contributed by atoms with Crippen LogP contribution in [0.3, 0.4) is 0 Å². The number of hydrogen-bond acceptors (Lipinski definition) is 4. The van der Waals surface area contributed by atoms with Gasteiger partial charge in [0.2, 0.25) is 0 Å². The van der Waals surface area contributed by atoms with Gasteiger partial charge in [0.15, 0.2) is 0 Å². The molecule has 1 heterocycles. The van der Waals surface area contributed by atoms with Gasteiger partial charge in [-0.15, -0.1) is 0 Å². The molecule has 0 radical (unpaired) electrons. The summed E-state index contributed by atoms with van der Waals surface area (Å²) < 4.78 is 11.0. The molecule has 106 valence electrons. The third-order valence-corrected chi connectivity index (χ3v) is 2.98. The molecule has 1 aromatic heterocycles. The smallest absolute Gasteiger partial charge is 0.137 e. The van der Waals surface area contributed by atoms with Gasteiger partial charge in [0.1, 0.15) is 18.1 Å². The Kier molecular flexibility index (Phi) is 5.38.